The normalized spacial score (nSPS) is 14.5. The Hall–Kier alpha value is -3.06. The molecule has 25 heavy (non-hydrogen) atoms. The number of nitro benzene ring substituents is 1. The fraction of sp³-hybridized carbons (Fsp3) is 0.222. The number of amides is 2. The minimum Gasteiger partial charge on any atom is -0.314 e. The van der Waals surface area contributed by atoms with Gasteiger partial charge in [0.15, 0.2) is 6.67 Å². The molecule has 0 aromatic heterocycles. The van der Waals surface area contributed by atoms with Gasteiger partial charge in [-0.15, -0.1) is 0 Å². The largest absolute Gasteiger partial charge is 0.314 e. The molecule has 0 fully saturated rings. The first-order valence-electron chi connectivity index (χ1n) is 8.04. The van der Waals surface area contributed by atoms with Gasteiger partial charge in [-0.05, 0) is 13.0 Å². The number of hydrogen-bond acceptors (Lipinski definition) is 4. The standard InChI is InChI=1S/C18H17N3O4/c1-2-19(11-13-7-4-3-5-8-13)12-20-17(22)14-9-6-10-15(21(24)25)16(14)18(20)23/h3-10H,2,11-12H2,1H3/p+1. The molecule has 2 aromatic carbocycles. The van der Waals surface area contributed by atoms with Crippen LogP contribution >= 0.6 is 0 Å². The van der Waals surface area contributed by atoms with Crippen LogP contribution in [0.4, 0.5) is 5.69 Å². The summed E-state index contributed by atoms with van der Waals surface area (Å²) in [5.41, 5.74) is 0.781. The number of nitrogens with one attached hydrogen (secondary N) is 1. The molecule has 128 valence electrons. The van der Waals surface area contributed by atoms with Crippen molar-refractivity contribution in [2.45, 2.75) is 13.5 Å². The number of nitrogens with zero attached hydrogens (tertiary/aromatic N) is 2. The summed E-state index contributed by atoms with van der Waals surface area (Å²) in [5.74, 6) is -1.06. The molecule has 0 radical (unpaired) electrons. The lowest BCUT2D eigenvalue weighted by Gasteiger charge is -2.22. The summed E-state index contributed by atoms with van der Waals surface area (Å²) in [7, 11) is 0. The molecule has 1 aliphatic rings. The van der Waals surface area contributed by atoms with Gasteiger partial charge in [-0.3, -0.25) is 19.7 Å². The average molecular weight is 340 g/mol. The summed E-state index contributed by atoms with van der Waals surface area (Å²) < 4.78 is 0. The van der Waals surface area contributed by atoms with Crippen LogP contribution in [0.2, 0.25) is 0 Å². The third-order valence-corrected chi connectivity index (χ3v) is 4.35. The summed E-state index contributed by atoms with van der Waals surface area (Å²) in [6, 6.07) is 13.9. The van der Waals surface area contributed by atoms with E-state index >= 15 is 0 Å². The van der Waals surface area contributed by atoms with Crippen molar-refractivity contribution in [3.8, 4) is 0 Å². The Labute approximate surface area is 144 Å². The molecule has 1 aliphatic heterocycles. The Balaban J connectivity index is 1.84. The second-order valence-electron chi connectivity index (χ2n) is 5.92. The SMILES string of the molecule is CC[NH+](Cc1ccccc1)CN1C(=O)c2cccc([N+](=O)[O-])c2C1=O. The molecule has 3 rings (SSSR count). The molecule has 0 saturated carbocycles. The van der Waals surface area contributed by atoms with E-state index in [4.69, 9.17) is 0 Å². The third kappa shape index (κ3) is 3.14. The van der Waals surface area contributed by atoms with Gasteiger partial charge in [-0.2, -0.15) is 0 Å². The van der Waals surface area contributed by atoms with Crippen molar-refractivity contribution in [3.05, 3.63) is 75.3 Å². The van der Waals surface area contributed by atoms with E-state index in [1.54, 1.807) is 0 Å². The van der Waals surface area contributed by atoms with E-state index in [0.717, 1.165) is 15.4 Å². The summed E-state index contributed by atoms with van der Waals surface area (Å²) in [5, 5.41) is 11.2. The summed E-state index contributed by atoms with van der Waals surface area (Å²) in [6.07, 6.45) is 0. The van der Waals surface area contributed by atoms with Crippen LogP contribution in [0, 0.1) is 10.1 Å². The highest BCUT2D eigenvalue weighted by Crippen LogP contribution is 2.30. The van der Waals surface area contributed by atoms with Gasteiger partial charge in [0.1, 0.15) is 12.1 Å². The lowest BCUT2D eigenvalue weighted by molar-refractivity contribution is -0.919. The Morgan fingerprint density at radius 2 is 1.76 bits per heavy atom. The maximum absolute atomic E-state index is 12.6. The third-order valence-electron chi connectivity index (χ3n) is 4.35. The van der Waals surface area contributed by atoms with Gasteiger partial charge >= 0.3 is 0 Å². The molecule has 0 spiro atoms. The van der Waals surface area contributed by atoms with Crippen LogP contribution < -0.4 is 4.90 Å². The minimum absolute atomic E-state index is 0.104. The highest BCUT2D eigenvalue weighted by atomic mass is 16.6. The summed E-state index contributed by atoms with van der Waals surface area (Å²) >= 11 is 0. The van der Waals surface area contributed by atoms with Crippen LogP contribution in [0.15, 0.2) is 48.5 Å². The van der Waals surface area contributed by atoms with Crippen LogP contribution in [0.25, 0.3) is 0 Å². The highest BCUT2D eigenvalue weighted by molar-refractivity contribution is 6.23. The second kappa shape index (κ2) is 6.82. The first kappa shape index (κ1) is 16.8. The second-order valence-corrected chi connectivity index (χ2v) is 5.92. The van der Waals surface area contributed by atoms with Crippen LogP contribution in [0.5, 0.6) is 0 Å². The molecule has 1 heterocycles. The van der Waals surface area contributed by atoms with Gasteiger partial charge in [-0.1, -0.05) is 36.4 Å². The van der Waals surface area contributed by atoms with Gasteiger partial charge in [0.25, 0.3) is 17.5 Å². The maximum Gasteiger partial charge on any atom is 0.282 e. The Bertz CT molecular complexity index is 835. The zero-order valence-corrected chi connectivity index (χ0v) is 13.8. The molecular weight excluding hydrogens is 322 g/mol. The number of imide groups is 1. The molecule has 7 heteroatoms. The predicted molar refractivity (Wildman–Crippen MR) is 90.1 cm³/mol. The first-order valence-corrected chi connectivity index (χ1v) is 8.04. The molecule has 1 atom stereocenters. The van der Waals surface area contributed by atoms with Crippen molar-refractivity contribution < 1.29 is 19.4 Å². The molecule has 2 amide bonds. The Morgan fingerprint density at radius 3 is 2.40 bits per heavy atom. The minimum atomic E-state index is -0.623. The van der Waals surface area contributed by atoms with E-state index in [-0.39, 0.29) is 23.5 Å². The lowest BCUT2D eigenvalue weighted by Crippen LogP contribution is -3.12. The Morgan fingerprint density at radius 1 is 1.04 bits per heavy atom. The highest BCUT2D eigenvalue weighted by Gasteiger charge is 2.42. The van der Waals surface area contributed by atoms with Crippen molar-refractivity contribution >= 4 is 17.5 Å². The summed E-state index contributed by atoms with van der Waals surface area (Å²) in [4.78, 5) is 37.8. The fourth-order valence-electron chi connectivity index (χ4n) is 3.01. The van der Waals surface area contributed by atoms with Gasteiger partial charge in [0, 0.05) is 11.6 Å². The molecule has 0 aliphatic carbocycles. The summed E-state index contributed by atoms with van der Waals surface area (Å²) in [6.45, 7) is 3.52. The Kier molecular flexibility index (Phi) is 4.58. The number of hydrogen-bond donors (Lipinski definition) is 1. The van der Waals surface area contributed by atoms with Gasteiger partial charge < -0.3 is 4.90 Å². The van der Waals surface area contributed by atoms with Crippen LogP contribution in [0.3, 0.4) is 0 Å². The van der Waals surface area contributed by atoms with Gasteiger partial charge in [0.2, 0.25) is 0 Å². The van der Waals surface area contributed by atoms with E-state index in [1.807, 2.05) is 37.3 Å². The van der Waals surface area contributed by atoms with E-state index in [1.165, 1.54) is 18.2 Å². The first-order chi connectivity index (χ1) is 12.0. The molecule has 7 nitrogen and oxygen atoms in total. The number of benzene rings is 2. The van der Waals surface area contributed by atoms with Gasteiger partial charge in [0.05, 0.1) is 17.0 Å². The topological polar surface area (TPSA) is 85.0 Å². The van der Waals surface area contributed by atoms with Crippen LogP contribution in [-0.4, -0.2) is 34.9 Å². The average Bonchev–Trinajstić information content (AvgIpc) is 2.86. The van der Waals surface area contributed by atoms with E-state index in [0.29, 0.717) is 13.1 Å². The molecule has 0 bridgehead atoms. The number of rotatable bonds is 6. The fourth-order valence-corrected chi connectivity index (χ4v) is 3.01. The van der Waals surface area contributed by atoms with E-state index in [9.17, 15) is 19.7 Å². The monoisotopic (exact) mass is 340 g/mol. The van der Waals surface area contributed by atoms with E-state index in [2.05, 4.69) is 0 Å². The smallest absolute Gasteiger partial charge is 0.282 e. The van der Waals surface area contributed by atoms with Crippen molar-refractivity contribution in [1.29, 1.82) is 0 Å². The van der Waals surface area contributed by atoms with Crippen molar-refractivity contribution in [2.24, 2.45) is 0 Å². The number of quaternary nitrogens is 1. The molecule has 1 N–H and O–H groups in total. The number of nitro groups is 1. The quantitative estimate of drug-likeness (QED) is 0.487. The molecule has 0 saturated heterocycles. The predicted octanol–water partition coefficient (Wildman–Crippen LogP) is 1.25. The molecular formula is C18H18N3O4+. The van der Waals surface area contributed by atoms with Crippen molar-refractivity contribution in [3.63, 3.8) is 0 Å². The number of carbonyl (C=O) groups is 2. The zero-order chi connectivity index (χ0) is 18.0. The van der Waals surface area contributed by atoms with Crippen LogP contribution in [-0.2, 0) is 6.54 Å². The number of carbonyl (C=O) groups excluding carboxylic acids is 2. The van der Waals surface area contributed by atoms with Crippen LogP contribution in [0.1, 0.15) is 33.2 Å². The molecule has 2 aromatic rings. The van der Waals surface area contributed by atoms with E-state index < -0.39 is 16.7 Å². The van der Waals surface area contributed by atoms with Crippen molar-refractivity contribution in [1.82, 2.24) is 4.90 Å². The zero-order valence-electron chi connectivity index (χ0n) is 13.8. The van der Waals surface area contributed by atoms with Crippen molar-refractivity contribution in [2.75, 3.05) is 13.2 Å². The molecule has 1 unspecified atom stereocenters. The maximum atomic E-state index is 12.6. The lowest BCUT2D eigenvalue weighted by atomic mass is 10.1. The van der Waals surface area contributed by atoms with Gasteiger partial charge in [-0.25, -0.2) is 4.90 Å². The number of fused-ring (bicyclic) bond motifs is 1.